The van der Waals surface area contributed by atoms with Crippen molar-refractivity contribution in [3.8, 4) is 5.75 Å². The van der Waals surface area contributed by atoms with Crippen molar-refractivity contribution in [2.75, 3.05) is 6.61 Å². The summed E-state index contributed by atoms with van der Waals surface area (Å²) in [6.45, 7) is 0.387. The first-order valence-corrected chi connectivity index (χ1v) is 5.78. The largest absolute Gasteiger partial charge is 0.462 e. The van der Waals surface area contributed by atoms with Crippen molar-refractivity contribution < 1.29 is 27.8 Å². The highest BCUT2D eigenvalue weighted by molar-refractivity contribution is 6.01. The minimum atomic E-state index is -3.03. The van der Waals surface area contributed by atoms with Crippen LogP contribution >= 0.6 is 0 Å². The van der Waals surface area contributed by atoms with E-state index in [1.165, 1.54) is 18.2 Å². The maximum Gasteiger partial charge on any atom is 0.387 e. The smallest absolute Gasteiger partial charge is 0.387 e. The molecule has 0 amide bonds. The van der Waals surface area contributed by atoms with Gasteiger partial charge in [-0.05, 0) is 25.1 Å². The SMILES string of the molecule is CCOC(=O)c1ccc(OC(F)F)c(C(=O)CC)c1. The Hall–Kier alpha value is -1.98. The lowest BCUT2D eigenvalue weighted by molar-refractivity contribution is -0.0501. The number of Topliss-reactive ketones (excluding diaryl/α,β-unsaturated/α-hetero) is 1. The quantitative estimate of drug-likeness (QED) is 0.590. The Labute approximate surface area is 109 Å². The van der Waals surface area contributed by atoms with Crippen LogP contribution in [0.5, 0.6) is 5.75 Å². The van der Waals surface area contributed by atoms with E-state index < -0.39 is 12.6 Å². The first kappa shape index (κ1) is 15.1. The fourth-order valence-corrected chi connectivity index (χ4v) is 1.48. The van der Waals surface area contributed by atoms with Crippen LogP contribution in [0.4, 0.5) is 8.78 Å². The van der Waals surface area contributed by atoms with E-state index in [9.17, 15) is 18.4 Å². The zero-order valence-corrected chi connectivity index (χ0v) is 10.6. The number of esters is 1. The fraction of sp³-hybridized carbons (Fsp3) is 0.385. The highest BCUT2D eigenvalue weighted by Crippen LogP contribution is 2.24. The Morgan fingerprint density at radius 3 is 2.47 bits per heavy atom. The summed E-state index contributed by atoms with van der Waals surface area (Å²) >= 11 is 0. The van der Waals surface area contributed by atoms with Gasteiger partial charge in [-0.2, -0.15) is 8.78 Å². The van der Waals surface area contributed by atoms with Crippen LogP contribution < -0.4 is 4.74 Å². The summed E-state index contributed by atoms with van der Waals surface area (Å²) in [6.07, 6.45) is 0.117. The highest BCUT2D eigenvalue weighted by Gasteiger charge is 2.18. The molecule has 0 atom stereocenters. The Kier molecular flexibility index (Phi) is 5.41. The monoisotopic (exact) mass is 272 g/mol. The van der Waals surface area contributed by atoms with Crippen LogP contribution in [0.1, 0.15) is 41.0 Å². The van der Waals surface area contributed by atoms with Crippen LogP contribution in [-0.2, 0) is 4.74 Å². The van der Waals surface area contributed by atoms with Crippen LogP contribution in [0, 0.1) is 0 Å². The maximum absolute atomic E-state index is 12.2. The molecule has 0 aromatic heterocycles. The standard InChI is InChI=1S/C13H14F2O4/c1-3-10(16)9-7-8(12(17)18-4-2)5-6-11(9)19-13(14)15/h5-7,13H,3-4H2,1-2H3. The highest BCUT2D eigenvalue weighted by atomic mass is 19.3. The van der Waals surface area contributed by atoms with Crippen molar-refractivity contribution in [2.24, 2.45) is 0 Å². The van der Waals surface area contributed by atoms with Gasteiger partial charge in [-0.15, -0.1) is 0 Å². The Bertz CT molecular complexity index is 472. The van der Waals surface area contributed by atoms with E-state index >= 15 is 0 Å². The van der Waals surface area contributed by atoms with E-state index in [-0.39, 0.29) is 35.7 Å². The molecule has 0 fully saturated rings. The van der Waals surface area contributed by atoms with Crippen molar-refractivity contribution >= 4 is 11.8 Å². The van der Waals surface area contributed by atoms with Crippen LogP contribution in [0.3, 0.4) is 0 Å². The number of rotatable bonds is 6. The molecule has 1 aromatic carbocycles. The molecule has 4 nitrogen and oxygen atoms in total. The normalized spacial score (nSPS) is 10.4. The van der Waals surface area contributed by atoms with Gasteiger partial charge in [0, 0.05) is 6.42 Å². The summed E-state index contributed by atoms with van der Waals surface area (Å²) in [5, 5.41) is 0. The summed E-state index contributed by atoms with van der Waals surface area (Å²) in [5.74, 6) is -1.24. The van der Waals surface area contributed by atoms with Crippen LogP contribution in [0.15, 0.2) is 18.2 Å². The molecule has 0 bridgehead atoms. The predicted octanol–water partition coefficient (Wildman–Crippen LogP) is 3.06. The lowest BCUT2D eigenvalue weighted by atomic mass is 10.0. The molecule has 0 unspecified atom stereocenters. The molecule has 6 heteroatoms. The molecule has 0 saturated heterocycles. The molecule has 0 radical (unpaired) electrons. The third-order valence-corrected chi connectivity index (χ3v) is 2.33. The Morgan fingerprint density at radius 2 is 1.95 bits per heavy atom. The van der Waals surface area contributed by atoms with E-state index in [4.69, 9.17) is 4.74 Å². The lowest BCUT2D eigenvalue weighted by Gasteiger charge is -2.11. The van der Waals surface area contributed by atoms with Gasteiger partial charge >= 0.3 is 12.6 Å². The van der Waals surface area contributed by atoms with E-state index in [2.05, 4.69) is 4.74 Å². The number of ketones is 1. The van der Waals surface area contributed by atoms with Gasteiger partial charge in [0.05, 0.1) is 17.7 Å². The van der Waals surface area contributed by atoms with E-state index in [0.717, 1.165) is 0 Å². The number of carbonyl (C=O) groups is 2. The molecular weight excluding hydrogens is 258 g/mol. The van der Waals surface area contributed by atoms with Crippen molar-refractivity contribution in [2.45, 2.75) is 26.9 Å². The number of alkyl halides is 2. The van der Waals surface area contributed by atoms with Crippen molar-refractivity contribution in [3.05, 3.63) is 29.3 Å². The summed E-state index contributed by atoms with van der Waals surface area (Å²) in [5.41, 5.74) is 0.0774. The third-order valence-electron chi connectivity index (χ3n) is 2.33. The number of hydrogen-bond acceptors (Lipinski definition) is 4. The number of hydrogen-bond donors (Lipinski definition) is 0. The second-order valence-electron chi connectivity index (χ2n) is 3.59. The molecule has 0 aliphatic carbocycles. The second kappa shape index (κ2) is 6.82. The predicted molar refractivity (Wildman–Crippen MR) is 63.7 cm³/mol. The van der Waals surface area contributed by atoms with Gasteiger partial charge < -0.3 is 9.47 Å². The first-order chi connectivity index (χ1) is 8.99. The molecule has 0 heterocycles. The minimum Gasteiger partial charge on any atom is -0.462 e. The maximum atomic E-state index is 12.2. The van der Waals surface area contributed by atoms with Gasteiger partial charge in [0.1, 0.15) is 5.75 Å². The second-order valence-corrected chi connectivity index (χ2v) is 3.59. The van der Waals surface area contributed by atoms with Crippen molar-refractivity contribution in [3.63, 3.8) is 0 Å². The van der Waals surface area contributed by atoms with E-state index in [1.54, 1.807) is 13.8 Å². The molecule has 1 aromatic rings. The van der Waals surface area contributed by atoms with Gasteiger partial charge in [-0.25, -0.2) is 4.79 Å². The summed E-state index contributed by atoms with van der Waals surface area (Å²) < 4.78 is 33.5. The van der Waals surface area contributed by atoms with Gasteiger partial charge in [0.25, 0.3) is 0 Å². The zero-order valence-electron chi connectivity index (χ0n) is 10.6. The molecule has 0 saturated carbocycles. The van der Waals surface area contributed by atoms with Gasteiger partial charge in [0.2, 0.25) is 0 Å². The molecule has 19 heavy (non-hydrogen) atoms. The van der Waals surface area contributed by atoms with E-state index in [1.807, 2.05) is 0 Å². The third kappa shape index (κ3) is 4.01. The molecule has 0 N–H and O–H groups in total. The minimum absolute atomic E-state index is 0.0478. The van der Waals surface area contributed by atoms with Gasteiger partial charge in [-0.1, -0.05) is 6.92 Å². The summed E-state index contributed by atoms with van der Waals surface area (Å²) in [7, 11) is 0. The fourth-order valence-electron chi connectivity index (χ4n) is 1.48. The van der Waals surface area contributed by atoms with Crippen LogP contribution in [0.25, 0.3) is 0 Å². The number of halogens is 2. The number of ether oxygens (including phenoxy) is 2. The first-order valence-electron chi connectivity index (χ1n) is 5.78. The molecule has 104 valence electrons. The average molecular weight is 272 g/mol. The van der Waals surface area contributed by atoms with Gasteiger partial charge in [0.15, 0.2) is 5.78 Å². The molecule has 0 spiro atoms. The van der Waals surface area contributed by atoms with Crippen LogP contribution in [0.2, 0.25) is 0 Å². The molecule has 1 rings (SSSR count). The lowest BCUT2D eigenvalue weighted by Crippen LogP contribution is -2.10. The average Bonchev–Trinajstić information content (AvgIpc) is 2.37. The zero-order chi connectivity index (χ0) is 14.4. The van der Waals surface area contributed by atoms with Crippen LogP contribution in [-0.4, -0.2) is 25.0 Å². The molecular formula is C13H14F2O4. The summed E-state index contributed by atoms with van der Waals surface area (Å²) in [6, 6.07) is 3.66. The van der Waals surface area contributed by atoms with Crippen molar-refractivity contribution in [1.29, 1.82) is 0 Å². The Morgan fingerprint density at radius 1 is 1.26 bits per heavy atom. The Balaban J connectivity index is 3.14. The number of carbonyl (C=O) groups excluding carboxylic acids is 2. The topological polar surface area (TPSA) is 52.6 Å². The van der Waals surface area contributed by atoms with E-state index in [0.29, 0.717) is 0 Å². The van der Waals surface area contributed by atoms with Crippen molar-refractivity contribution in [1.82, 2.24) is 0 Å². The number of benzene rings is 1. The van der Waals surface area contributed by atoms with Gasteiger partial charge in [-0.3, -0.25) is 4.79 Å². The molecule has 0 aliphatic rings. The molecule has 0 aliphatic heterocycles. The summed E-state index contributed by atoms with van der Waals surface area (Å²) in [4.78, 5) is 23.2.